The third-order valence-corrected chi connectivity index (χ3v) is 3.61. The van der Waals surface area contributed by atoms with Crippen LogP contribution < -0.4 is 5.32 Å². The molecule has 122 valence electrons. The zero-order valence-corrected chi connectivity index (χ0v) is 13.3. The molecule has 1 amide bonds. The molecule has 0 saturated carbocycles. The van der Waals surface area contributed by atoms with E-state index >= 15 is 0 Å². The van der Waals surface area contributed by atoms with E-state index in [1.165, 1.54) is 0 Å². The number of pyridine rings is 1. The van der Waals surface area contributed by atoms with Gasteiger partial charge in [-0.1, -0.05) is 18.2 Å². The first kappa shape index (κ1) is 16.0. The van der Waals surface area contributed by atoms with Crippen LogP contribution in [0.1, 0.15) is 22.1 Å². The van der Waals surface area contributed by atoms with Gasteiger partial charge >= 0.3 is 0 Å². The van der Waals surface area contributed by atoms with Crippen LogP contribution in [-0.2, 0) is 4.74 Å². The van der Waals surface area contributed by atoms with Crippen molar-refractivity contribution in [1.82, 2.24) is 10.3 Å². The molecule has 0 radical (unpaired) electrons. The van der Waals surface area contributed by atoms with Crippen LogP contribution in [-0.4, -0.2) is 24.6 Å². The highest BCUT2D eigenvalue weighted by molar-refractivity contribution is 5.95. The van der Waals surface area contributed by atoms with Crippen LogP contribution in [0.15, 0.2) is 71.5 Å². The third kappa shape index (κ3) is 3.70. The van der Waals surface area contributed by atoms with Gasteiger partial charge in [-0.15, -0.1) is 0 Å². The maximum Gasteiger partial charge on any atom is 0.251 e. The van der Waals surface area contributed by atoms with Crippen LogP contribution >= 0.6 is 0 Å². The fourth-order valence-corrected chi connectivity index (χ4v) is 2.45. The Kier molecular flexibility index (Phi) is 5.03. The van der Waals surface area contributed by atoms with Gasteiger partial charge in [0.25, 0.3) is 5.91 Å². The summed E-state index contributed by atoms with van der Waals surface area (Å²) in [6.45, 7) is 0.348. The monoisotopic (exact) mass is 322 g/mol. The summed E-state index contributed by atoms with van der Waals surface area (Å²) in [6.07, 6.45) is 3.31. The zero-order chi connectivity index (χ0) is 16.8. The minimum atomic E-state index is -0.309. The molecule has 2 heterocycles. The lowest BCUT2D eigenvalue weighted by atomic mass is 10.1. The quantitative estimate of drug-likeness (QED) is 0.755. The lowest BCUT2D eigenvalue weighted by Crippen LogP contribution is -2.31. The predicted octanol–water partition coefficient (Wildman–Crippen LogP) is 3.46. The first-order valence-electron chi connectivity index (χ1n) is 7.62. The van der Waals surface area contributed by atoms with Crippen molar-refractivity contribution in [2.45, 2.75) is 6.04 Å². The molecule has 0 aliphatic carbocycles. The van der Waals surface area contributed by atoms with Crippen LogP contribution in [0.2, 0.25) is 0 Å². The number of hydrogen-bond donors (Lipinski definition) is 1. The van der Waals surface area contributed by atoms with Crippen molar-refractivity contribution in [3.63, 3.8) is 0 Å². The Hall–Kier alpha value is -2.92. The van der Waals surface area contributed by atoms with E-state index in [4.69, 9.17) is 9.15 Å². The largest absolute Gasteiger partial charge is 0.464 e. The van der Waals surface area contributed by atoms with Crippen molar-refractivity contribution in [3.8, 4) is 11.3 Å². The second-order valence-corrected chi connectivity index (χ2v) is 5.29. The van der Waals surface area contributed by atoms with E-state index in [1.54, 1.807) is 31.7 Å². The minimum absolute atomic E-state index is 0.184. The highest BCUT2D eigenvalue weighted by atomic mass is 16.5. The van der Waals surface area contributed by atoms with Crippen molar-refractivity contribution in [2.75, 3.05) is 13.7 Å². The molecule has 5 nitrogen and oxygen atoms in total. The number of aromatic nitrogens is 1. The average molecular weight is 322 g/mol. The number of amides is 1. The van der Waals surface area contributed by atoms with Crippen LogP contribution in [0.3, 0.4) is 0 Å². The van der Waals surface area contributed by atoms with E-state index in [-0.39, 0.29) is 11.9 Å². The molecule has 1 unspecified atom stereocenters. The second-order valence-electron chi connectivity index (χ2n) is 5.29. The molecule has 1 N–H and O–H groups in total. The maximum absolute atomic E-state index is 12.6. The number of furan rings is 1. The summed E-state index contributed by atoms with van der Waals surface area (Å²) in [4.78, 5) is 16.9. The zero-order valence-electron chi connectivity index (χ0n) is 13.3. The summed E-state index contributed by atoms with van der Waals surface area (Å²) < 4.78 is 10.6. The van der Waals surface area contributed by atoms with E-state index < -0.39 is 0 Å². The molecule has 3 aromatic rings. The molecule has 0 aliphatic heterocycles. The van der Waals surface area contributed by atoms with E-state index in [0.29, 0.717) is 12.2 Å². The van der Waals surface area contributed by atoms with Crippen molar-refractivity contribution < 1.29 is 13.9 Å². The number of nitrogens with zero attached hydrogens (tertiary/aromatic N) is 1. The summed E-state index contributed by atoms with van der Waals surface area (Å²) in [5, 5.41) is 2.97. The lowest BCUT2D eigenvalue weighted by Gasteiger charge is -2.17. The van der Waals surface area contributed by atoms with E-state index in [9.17, 15) is 4.79 Å². The van der Waals surface area contributed by atoms with Crippen molar-refractivity contribution >= 4 is 5.91 Å². The Bertz CT molecular complexity index is 785. The van der Waals surface area contributed by atoms with Crippen molar-refractivity contribution in [3.05, 3.63) is 78.3 Å². The van der Waals surface area contributed by atoms with Crippen molar-refractivity contribution in [2.24, 2.45) is 0 Å². The number of carbonyl (C=O) groups excluding carboxylic acids is 1. The molecule has 0 spiro atoms. The first-order chi connectivity index (χ1) is 11.8. The Morgan fingerprint density at radius 1 is 1.21 bits per heavy atom. The Labute approximate surface area is 140 Å². The van der Waals surface area contributed by atoms with E-state index in [2.05, 4.69) is 10.3 Å². The fourth-order valence-electron chi connectivity index (χ4n) is 2.45. The standard InChI is InChI=1S/C19H18N2O3/c1-23-13-17(16-8-2-3-10-20-16)21-19(22)15-7-4-6-14(12-15)18-9-5-11-24-18/h2-12,17H,13H2,1H3,(H,21,22). The topological polar surface area (TPSA) is 64.4 Å². The number of methoxy groups -OCH3 is 1. The third-order valence-electron chi connectivity index (χ3n) is 3.61. The van der Waals surface area contributed by atoms with Gasteiger partial charge in [0.15, 0.2) is 0 Å². The van der Waals surface area contributed by atoms with Crippen molar-refractivity contribution in [1.29, 1.82) is 0 Å². The summed E-state index contributed by atoms with van der Waals surface area (Å²) in [6, 6.07) is 16.3. The fraction of sp³-hybridized carbons (Fsp3) is 0.158. The van der Waals surface area contributed by atoms with Gasteiger partial charge in [-0.05, 0) is 36.4 Å². The number of carbonyl (C=O) groups is 1. The summed E-state index contributed by atoms with van der Waals surface area (Å²) in [5.41, 5.74) is 2.17. The Balaban J connectivity index is 1.79. The highest BCUT2D eigenvalue weighted by Crippen LogP contribution is 2.21. The molecular weight excluding hydrogens is 304 g/mol. The molecule has 1 atom stereocenters. The van der Waals surface area contributed by atoms with Crippen LogP contribution in [0.5, 0.6) is 0 Å². The van der Waals surface area contributed by atoms with Gasteiger partial charge in [-0.2, -0.15) is 0 Å². The van der Waals surface area contributed by atoms with Gasteiger partial charge < -0.3 is 14.5 Å². The molecule has 0 aliphatic rings. The number of nitrogens with one attached hydrogen (secondary N) is 1. The van der Waals surface area contributed by atoms with Gasteiger partial charge in [-0.25, -0.2) is 0 Å². The summed E-state index contributed by atoms with van der Waals surface area (Å²) >= 11 is 0. The van der Waals surface area contributed by atoms with Gasteiger partial charge in [0.1, 0.15) is 5.76 Å². The Morgan fingerprint density at radius 3 is 2.83 bits per heavy atom. The molecule has 0 saturated heterocycles. The van der Waals surface area contributed by atoms with Crippen LogP contribution in [0.4, 0.5) is 0 Å². The van der Waals surface area contributed by atoms with Crippen LogP contribution in [0, 0.1) is 0 Å². The van der Waals surface area contributed by atoms with Gasteiger partial charge in [0, 0.05) is 24.4 Å². The molecule has 1 aromatic carbocycles. The highest BCUT2D eigenvalue weighted by Gasteiger charge is 2.17. The number of benzene rings is 1. The SMILES string of the molecule is COCC(NC(=O)c1cccc(-c2ccco2)c1)c1ccccn1. The van der Waals surface area contributed by atoms with E-state index in [0.717, 1.165) is 17.0 Å². The van der Waals surface area contributed by atoms with Gasteiger partial charge in [0.05, 0.1) is 24.6 Å². The number of rotatable bonds is 6. The summed E-state index contributed by atoms with van der Waals surface area (Å²) in [5.74, 6) is 0.541. The number of hydrogen-bond acceptors (Lipinski definition) is 4. The predicted molar refractivity (Wildman–Crippen MR) is 90.5 cm³/mol. The Morgan fingerprint density at radius 2 is 2.12 bits per heavy atom. The molecular formula is C19H18N2O3. The lowest BCUT2D eigenvalue weighted by molar-refractivity contribution is 0.0894. The molecule has 0 bridgehead atoms. The second kappa shape index (κ2) is 7.57. The normalized spacial score (nSPS) is 11.9. The van der Waals surface area contributed by atoms with Gasteiger partial charge in [0.2, 0.25) is 0 Å². The molecule has 3 rings (SSSR count). The smallest absolute Gasteiger partial charge is 0.251 e. The van der Waals surface area contributed by atoms with E-state index in [1.807, 2.05) is 42.5 Å². The molecule has 24 heavy (non-hydrogen) atoms. The average Bonchev–Trinajstić information content (AvgIpc) is 3.17. The minimum Gasteiger partial charge on any atom is -0.464 e. The molecule has 0 fully saturated rings. The van der Waals surface area contributed by atoms with Crippen LogP contribution in [0.25, 0.3) is 11.3 Å². The molecule has 2 aromatic heterocycles. The first-order valence-corrected chi connectivity index (χ1v) is 7.62. The molecule has 5 heteroatoms. The summed E-state index contributed by atoms with van der Waals surface area (Å²) in [7, 11) is 1.60. The van der Waals surface area contributed by atoms with Gasteiger partial charge in [-0.3, -0.25) is 9.78 Å². The maximum atomic E-state index is 12.6. The number of ether oxygens (including phenoxy) is 1.